The molecule has 120 valence electrons. The first-order valence-corrected chi connectivity index (χ1v) is 9.51. The van der Waals surface area contributed by atoms with Gasteiger partial charge in [0.15, 0.2) is 0 Å². The Hall–Kier alpha value is -1.46. The molecule has 4 heterocycles. The first-order valence-electron chi connectivity index (χ1n) is 8.29. The molecule has 4 atom stereocenters. The average molecular weight is 326 g/mol. The minimum Gasteiger partial charge on any atom is -0.373 e. The second-order valence-electron chi connectivity index (χ2n) is 7.56. The number of hydrogen-bond donors (Lipinski definition) is 2. The molecule has 1 saturated heterocycles. The van der Waals surface area contributed by atoms with Gasteiger partial charge in [-0.25, -0.2) is 4.98 Å². The number of thioether (sulfide) groups is 1. The van der Waals surface area contributed by atoms with Crippen molar-refractivity contribution < 1.29 is 0 Å². The Bertz CT molecular complexity index is 841. The largest absolute Gasteiger partial charge is 0.373 e. The second kappa shape index (κ2) is 4.33. The van der Waals surface area contributed by atoms with E-state index in [2.05, 4.69) is 59.5 Å². The molecule has 23 heavy (non-hydrogen) atoms. The van der Waals surface area contributed by atoms with E-state index in [9.17, 15) is 0 Å². The van der Waals surface area contributed by atoms with Gasteiger partial charge in [-0.2, -0.15) is 0 Å². The van der Waals surface area contributed by atoms with Crippen molar-refractivity contribution in [3.8, 4) is 0 Å². The van der Waals surface area contributed by atoms with E-state index in [1.807, 2.05) is 6.20 Å². The molecule has 2 aliphatic heterocycles. The summed E-state index contributed by atoms with van der Waals surface area (Å²) in [4.78, 5) is 6.00. The van der Waals surface area contributed by atoms with Crippen molar-refractivity contribution in [3.05, 3.63) is 42.1 Å². The van der Waals surface area contributed by atoms with Crippen LogP contribution in [-0.2, 0) is 5.54 Å². The van der Waals surface area contributed by atoms with Crippen molar-refractivity contribution in [2.75, 3.05) is 19.3 Å². The number of aromatic nitrogens is 2. The predicted octanol–water partition coefficient (Wildman–Crippen LogP) is 2.61. The highest BCUT2D eigenvalue weighted by molar-refractivity contribution is 7.98. The lowest BCUT2D eigenvalue weighted by Gasteiger charge is -2.39. The lowest BCUT2D eigenvalue weighted by atomic mass is 9.88. The van der Waals surface area contributed by atoms with Crippen molar-refractivity contribution in [1.82, 2.24) is 20.0 Å². The lowest BCUT2D eigenvalue weighted by Crippen LogP contribution is -2.48. The van der Waals surface area contributed by atoms with Crippen molar-refractivity contribution in [2.45, 2.75) is 24.3 Å². The van der Waals surface area contributed by atoms with Crippen LogP contribution in [0.15, 0.2) is 41.2 Å². The number of hydrogen-bond acceptors (Lipinski definition) is 4. The third kappa shape index (κ3) is 1.69. The highest BCUT2D eigenvalue weighted by Gasteiger charge is 2.66. The van der Waals surface area contributed by atoms with Gasteiger partial charge < -0.3 is 15.0 Å². The average Bonchev–Trinajstić information content (AvgIpc) is 2.87. The zero-order valence-corrected chi connectivity index (χ0v) is 14.6. The van der Waals surface area contributed by atoms with Gasteiger partial charge in [0.05, 0.1) is 11.7 Å². The molecule has 3 aliphatic rings. The molecule has 2 fully saturated rings. The molecule has 2 aromatic heterocycles. The Morgan fingerprint density at radius 2 is 2.22 bits per heavy atom. The van der Waals surface area contributed by atoms with Crippen molar-refractivity contribution in [1.29, 1.82) is 0 Å². The van der Waals surface area contributed by atoms with Crippen LogP contribution in [-0.4, -0.2) is 28.7 Å². The number of rotatable bonds is 3. The number of imidazole rings is 1. The molecule has 0 spiro atoms. The van der Waals surface area contributed by atoms with Crippen LogP contribution in [0.2, 0.25) is 0 Å². The molecular weight excluding hydrogens is 304 g/mol. The van der Waals surface area contributed by atoms with Crippen LogP contribution >= 0.6 is 11.8 Å². The number of nitrogens with one attached hydrogen (secondary N) is 2. The lowest BCUT2D eigenvalue weighted by molar-refractivity contribution is 0.372. The highest BCUT2D eigenvalue weighted by Crippen LogP contribution is 2.65. The molecule has 5 rings (SSSR count). The van der Waals surface area contributed by atoms with Crippen LogP contribution < -0.4 is 10.6 Å². The number of fused-ring (bicyclic) bond motifs is 2. The van der Waals surface area contributed by atoms with Gasteiger partial charge in [0.2, 0.25) is 0 Å². The van der Waals surface area contributed by atoms with Gasteiger partial charge in [-0.05, 0) is 49.3 Å². The van der Waals surface area contributed by atoms with Gasteiger partial charge >= 0.3 is 0 Å². The summed E-state index contributed by atoms with van der Waals surface area (Å²) in [6.07, 6.45) is 8.63. The van der Waals surface area contributed by atoms with Crippen molar-refractivity contribution >= 4 is 17.3 Å². The standard InChI is InChI=1S/C18H22N4S/c1-17-10-19-8-11(17)15(17)12-7-18(2,21-12)16-20-9-13-14(23-3)5-4-6-22(13)16/h4-7,9,11,15,19,21H,8,10H2,1-3H3. The molecule has 2 aromatic rings. The molecule has 4 unspecified atom stereocenters. The maximum Gasteiger partial charge on any atom is 0.142 e. The van der Waals surface area contributed by atoms with Crippen molar-refractivity contribution in [3.63, 3.8) is 0 Å². The number of pyridine rings is 1. The van der Waals surface area contributed by atoms with Gasteiger partial charge in [-0.3, -0.25) is 0 Å². The Balaban J connectivity index is 1.50. The Morgan fingerprint density at radius 1 is 1.39 bits per heavy atom. The topological polar surface area (TPSA) is 41.4 Å². The maximum atomic E-state index is 4.73. The number of piperidine rings is 1. The minimum absolute atomic E-state index is 0.153. The zero-order valence-electron chi connectivity index (χ0n) is 13.8. The normalized spacial score (nSPS) is 38.0. The fourth-order valence-electron chi connectivity index (χ4n) is 4.77. The summed E-state index contributed by atoms with van der Waals surface area (Å²) in [7, 11) is 0. The van der Waals surface area contributed by atoms with E-state index in [0.717, 1.165) is 18.3 Å². The molecule has 0 bridgehead atoms. The summed E-state index contributed by atoms with van der Waals surface area (Å²) in [5, 5.41) is 7.25. The molecule has 2 N–H and O–H groups in total. The van der Waals surface area contributed by atoms with Gasteiger partial charge in [0.25, 0.3) is 0 Å². The van der Waals surface area contributed by atoms with Crippen LogP contribution in [0.5, 0.6) is 0 Å². The fourth-order valence-corrected chi connectivity index (χ4v) is 5.34. The van der Waals surface area contributed by atoms with Gasteiger partial charge in [-0.15, -0.1) is 11.8 Å². The van der Waals surface area contributed by atoms with Crippen LogP contribution in [0.25, 0.3) is 5.52 Å². The summed E-state index contributed by atoms with van der Waals surface area (Å²) >= 11 is 1.77. The maximum absolute atomic E-state index is 4.73. The first-order chi connectivity index (χ1) is 11.1. The smallest absolute Gasteiger partial charge is 0.142 e. The molecule has 0 radical (unpaired) electrons. The molecule has 0 aromatic carbocycles. The van der Waals surface area contributed by atoms with E-state index in [0.29, 0.717) is 11.3 Å². The molecular formula is C18H22N4S. The Kier molecular flexibility index (Phi) is 2.63. The third-order valence-electron chi connectivity index (χ3n) is 6.12. The van der Waals surface area contributed by atoms with E-state index in [4.69, 9.17) is 4.98 Å². The first kappa shape index (κ1) is 13.9. The molecule has 1 aliphatic carbocycles. The molecule has 5 heteroatoms. The highest BCUT2D eigenvalue weighted by atomic mass is 32.2. The van der Waals surface area contributed by atoms with E-state index in [-0.39, 0.29) is 5.54 Å². The fraction of sp³-hybridized carbons (Fsp3) is 0.500. The summed E-state index contributed by atoms with van der Waals surface area (Å²) in [6, 6.07) is 4.26. The minimum atomic E-state index is -0.153. The summed E-state index contributed by atoms with van der Waals surface area (Å²) in [5.41, 5.74) is 2.94. The van der Waals surface area contributed by atoms with Crippen LogP contribution in [0.1, 0.15) is 19.7 Å². The quantitative estimate of drug-likeness (QED) is 0.851. The van der Waals surface area contributed by atoms with Crippen LogP contribution in [0, 0.1) is 17.3 Å². The molecule has 1 saturated carbocycles. The van der Waals surface area contributed by atoms with E-state index in [1.165, 1.54) is 22.7 Å². The van der Waals surface area contributed by atoms with Gasteiger partial charge in [-0.1, -0.05) is 6.92 Å². The SMILES string of the molecule is CSc1cccn2c(C3(C)C=C(C4C5CNCC54C)N3)ncc12. The summed E-state index contributed by atoms with van der Waals surface area (Å²) in [5.74, 6) is 2.61. The number of nitrogens with zero attached hydrogens (tertiary/aromatic N) is 2. The van der Waals surface area contributed by atoms with Crippen LogP contribution in [0.4, 0.5) is 0 Å². The van der Waals surface area contributed by atoms with Crippen molar-refractivity contribution in [2.24, 2.45) is 17.3 Å². The Labute approximate surface area is 140 Å². The van der Waals surface area contributed by atoms with Gasteiger partial charge in [0.1, 0.15) is 11.4 Å². The van der Waals surface area contributed by atoms with Crippen LogP contribution in [0.3, 0.4) is 0 Å². The number of allylic oxidation sites excluding steroid dienone is 1. The second-order valence-corrected chi connectivity index (χ2v) is 8.41. The van der Waals surface area contributed by atoms with E-state index < -0.39 is 0 Å². The van der Waals surface area contributed by atoms with E-state index in [1.54, 1.807) is 11.8 Å². The van der Waals surface area contributed by atoms with Gasteiger partial charge in [0, 0.05) is 29.3 Å². The predicted molar refractivity (Wildman–Crippen MR) is 93.5 cm³/mol. The zero-order chi connectivity index (χ0) is 15.8. The Morgan fingerprint density at radius 3 is 2.91 bits per heavy atom. The summed E-state index contributed by atoms with van der Waals surface area (Å²) < 4.78 is 2.23. The molecule has 4 nitrogen and oxygen atoms in total. The molecule has 0 amide bonds. The monoisotopic (exact) mass is 326 g/mol. The summed E-state index contributed by atoms with van der Waals surface area (Å²) in [6.45, 7) is 6.97. The third-order valence-corrected chi connectivity index (χ3v) is 6.91. The van der Waals surface area contributed by atoms with E-state index >= 15 is 0 Å².